The SMILES string of the molecule is COCCNC(=O)CN(C)C(=O)c1ccc(N2CCNCC2)c(NS(=O)(=O)c2ccc(C)cc2C)c1. The number of benzene rings is 2. The third-order valence-electron chi connectivity index (χ3n) is 5.92. The highest BCUT2D eigenvalue weighted by Crippen LogP contribution is 2.31. The lowest BCUT2D eigenvalue weighted by molar-refractivity contribution is -0.121. The van der Waals surface area contributed by atoms with Crippen LogP contribution in [-0.4, -0.2) is 85.2 Å². The van der Waals surface area contributed by atoms with Gasteiger partial charge in [0.2, 0.25) is 5.91 Å². The topological polar surface area (TPSA) is 120 Å². The third kappa shape index (κ3) is 6.96. The van der Waals surface area contributed by atoms with E-state index in [2.05, 4.69) is 20.3 Å². The molecule has 3 N–H and O–H groups in total. The average molecular weight is 518 g/mol. The van der Waals surface area contributed by atoms with Crippen LogP contribution in [0.3, 0.4) is 0 Å². The highest BCUT2D eigenvalue weighted by atomic mass is 32.2. The van der Waals surface area contributed by atoms with Gasteiger partial charge in [0.15, 0.2) is 0 Å². The van der Waals surface area contributed by atoms with Crippen molar-refractivity contribution in [1.82, 2.24) is 15.5 Å². The number of carbonyl (C=O) groups excluding carboxylic acids is 2. The number of nitrogens with zero attached hydrogens (tertiary/aromatic N) is 2. The first-order valence-corrected chi connectivity index (χ1v) is 13.3. The summed E-state index contributed by atoms with van der Waals surface area (Å²) in [7, 11) is -0.840. The van der Waals surface area contributed by atoms with E-state index < -0.39 is 15.9 Å². The molecule has 2 amide bonds. The molecule has 2 aromatic rings. The normalized spacial score (nSPS) is 13.8. The van der Waals surface area contributed by atoms with Crippen molar-refractivity contribution in [2.45, 2.75) is 18.7 Å². The number of rotatable bonds is 10. The van der Waals surface area contributed by atoms with Crippen molar-refractivity contribution in [2.75, 3.05) is 69.7 Å². The van der Waals surface area contributed by atoms with Crippen LogP contribution in [0.2, 0.25) is 0 Å². The van der Waals surface area contributed by atoms with Crippen molar-refractivity contribution in [3.8, 4) is 0 Å². The Morgan fingerprint density at radius 3 is 2.50 bits per heavy atom. The van der Waals surface area contributed by atoms with Crippen molar-refractivity contribution in [1.29, 1.82) is 0 Å². The van der Waals surface area contributed by atoms with Gasteiger partial charge in [-0.15, -0.1) is 0 Å². The summed E-state index contributed by atoms with van der Waals surface area (Å²) in [6, 6.07) is 10.1. The van der Waals surface area contributed by atoms with Gasteiger partial charge in [-0.3, -0.25) is 14.3 Å². The van der Waals surface area contributed by atoms with Gasteiger partial charge < -0.3 is 25.2 Å². The second-order valence-electron chi connectivity index (χ2n) is 8.85. The number of likely N-dealkylation sites (N-methyl/N-ethyl adjacent to an activating group) is 1. The third-order valence-corrected chi connectivity index (χ3v) is 7.45. The second-order valence-corrected chi connectivity index (χ2v) is 10.5. The van der Waals surface area contributed by atoms with Gasteiger partial charge in [-0.05, 0) is 43.7 Å². The molecule has 0 saturated carbocycles. The Labute approximate surface area is 213 Å². The van der Waals surface area contributed by atoms with Crippen LogP contribution >= 0.6 is 0 Å². The first-order chi connectivity index (χ1) is 17.1. The van der Waals surface area contributed by atoms with Crippen LogP contribution in [0.4, 0.5) is 11.4 Å². The fourth-order valence-electron chi connectivity index (χ4n) is 4.09. The van der Waals surface area contributed by atoms with Crippen LogP contribution in [0.15, 0.2) is 41.3 Å². The van der Waals surface area contributed by atoms with Crippen LogP contribution in [0.25, 0.3) is 0 Å². The van der Waals surface area contributed by atoms with Gasteiger partial charge in [-0.25, -0.2) is 8.42 Å². The number of carbonyl (C=O) groups is 2. The molecular formula is C25H35N5O5S. The minimum absolute atomic E-state index is 0.133. The van der Waals surface area contributed by atoms with Gasteiger partial charge in [0.1, 0.15) is 0 Å². The Bertz CT molecular complexity index is 1200. The summed E-state index contributed by atoms with van der Waals surface area (Å²) >= 11 is 0. The summed E-state index contributed by atoms with van der Waals surface area (Å²) in [5, 5.41) is 5.97. The molecule has 0 aliphatic carbocycles. The van der Waals surface area contributed by atoms with Crippen molar-refractivity contribution in [3.05, 3.63) is 53.1 Å². The minimum Gasteiger partial charge on any atom is -0.383 e. The van der Waals surface area contributed by atoms with Gasteiger partial charge in [0, 0.05) is 52.4 Å². The fraction of sp³-hybridized carbons (Fsp3) is 0.440. The fourth-order valence-corrected chi connectivity index (χ4v) is 5.38. The molecule has 1 heterocycles. The molecule has 0 spiro atoms. The molecule has 1 saturated heterocycles. The molecule has 11 heteroatoms. The maximum absolute atomic E-state index is 13.4. The standard InChI is InChI=1S/C25H35N5O5S/c1-18-5-8-23(19(2)15-18)36(33,34)28-21-16-20(6-7-22(21)30-12-9-26-10-13-30)25(32)29(3)17-24(31)27-11-14-35-4/h5-8,15-16,26,28H,9-14,17H2,1-4H3,(H,27,31). The highest BCUT2D eigenvalue weighted by Gasteiger charge is 2.23. The lowest BCUT2D eigenvalue weighted by atomic mass is 10.1. The zero-order valence-electron chi connectivity index (χ0n) is 21.3. The number of nitrogens with one attached hydrogen (secondary N) is 3. The number of piperazine rings is 1. The number of ether oxygens (including phenoxy) is 1. The van der Waals surface area contributed by atoms with Crippen LogP contribution in [0.1, 0.15) is 21.5 Å². The Morgan fingerprint density at radius 1 is 1.11 bits per heavy atom. The van der Waals surface area contributed by atoms with Crippen molar-refractivity contribution < 1.29 is 22.7 Å². The largest absolute Gasteiger partial charge is 0.383 e. The van der Waals surface area contributed by atoms with Crippen molar-refractivity contribution in [2.24, 2.45) is 0 Å². The molecule has 0 radical (unpaired) electrons. The van der Waals surface area contributed by atoms with Gasteiger partial charge in [0.05, 0.1) is 29.4 Å². The van der Waals surface area contributed by atoms with E-state index in [1.165, 1.54) is 19.1 Å². The number of anilines is 2. The summed E-state index contributed by atoms with van der Waals surface area (Å²) in [4.78, 5) is 28.8. The molecule has 0 aromatic heterocycles. The van der Waals surface area contributed by atoms with E-state index in [1.54, 1.807) is 37.3 Å². The molecule has 1 aliphatic rings. The predicted molar refractivity (Wildman–Crippen MR) is 140 cm³/mol. The zero-order chi connectivity index (χ0) is 26.3. The van der Waals surface area contributed by atoms with Gasteiger partial charge in [-0.1, -0.05) is 17.7 Å². The first-order valence-electron chi connectivity index (χ1n) is 11.8. The number of sulfonamides is 1. The number of aryl methyl sites for hydroxylation is 2. The van der Waals surface area contributed by atoms with Gasteiger partial charge in [0.25, 0.3) is 15.9 Å². The summed E-state index contributed by atoms with van der Waals surface area (Å²) in [5.41, 5.74) is 2.90. The molecule has 0 atom stereocenters. The monoisotopic (exact) mass is 517 g/mol. The quantitative estimate of drug-likeness (QED) is 0.407. The van der Waals surface area contributed by atoms with E-state index in [0.29, 0.717) is 43.2 Å². The van der Waals surface area contributed by atoms with E-state index in [9.17, 15) is 18.0 Å². The molecule has 1 fully saturated rings. The maximum atomic E-state index is 13.4. The molecule has 0 unspecified atom stereocenters. The van der Waals surface area contributed by atoms with E-state index in [0.717, 1.165) is 18.7 Å². The average Bonchev–Trinajstić information content (AvgIpc) is 2.83. The van der Waals surface area contributed by atoms with Crippen molar-refractivity contribution in [3.63, 3.8) is 0 Å². The molecule has 10 nitrogen and oxygen atoms in total. The smallest absolute Gasteiger partial charge is 0.262 e. The lowest BCUT2D eigenvalue weighted by Gasteiger charge is -2.31. The molecular weight excluding hydrogens is 482 g/mol. The molecule has 196 valence electrons. The summed E-state index contributed by atoms with van der Waals surface area (Å²) in [6.07, 6.45) is 0. The number of hydrogen-bond donors (Lipinski definition) is 3. The van der Waals surface area contributed by atoms with E-state index in [-0.39, 0.29) is 22.9 Å². The van der Waals surface area contributed by atoms with Crippen LogP contribution in [-0.2, 0) is 19.6 Å². The minimum atomic E-state index is -3.91. The van der Waals surface area contributed by atoms with Gasteiger partial charge >= 0.3 is 0 Å². The summed E-state index contributed by atoms with van der Waals surface area (Å²) in [5.74, 6) is -0.702. The Hall–Kier alpha value is -3.15. The summed E-state index contributed by atoms with van der Waals surface area (Å²) in [6.45, 7) is 7.19. The molecule has 0 bridgehead atoms. The van der Waals surface area contributed by atoms with Gasteiger partial charge in [-0.2, -0.15) is 0 Å². The van der Waals surface area contributed by atoms with E-state index in [1.807, 2.05) is 13.0 Å². The first kappa shape index (κ1) is 27.4. The van der Waals surface area contributed by atoms with Crippen LogP contribution < -0.4 is 20.3 Å². The number of amides is 2. The molecule has 3 rings (SSSR count). The number of hydrogen-bond acceptors (Lipinski definition) is 7. The van der Waals surface area contributed by atoms with Crippen LogP contribution in [0.5, 0.6) is 0 Å². The zero-order valence-corrected chi connectivity index (χ0v) is 22.1. The molecule has 36 heavy (non-hydrogen) atoms. The molecule has 2 aromatic carbocycles. The summed E-state index contributed by atoms with van der Waals surface area (Å²) < 4.78 is 34.3. The second kappa shape index (κ2) is 12.2. The Balaban J connectivity index is 1.89. The number of methoxy groups -OCH3 is 1. The Kier molecular flexibility index (Phi) is 9.30. The van der Waals surface area contributed by atoms with Crippen molar-refractivity contribution >= 4 is 33.2 Å². The van der Waals surface area contributed by atoms with E-state index in [4.69, 9.17) is 4.74 Å². The highest BCUT2D eigenvalue weighted by molar-refractivity contribution is 7.92. The maximum Gasteiger partial charge on any atom is 0.262 e. The predicted octanol–water partition coefficient (Wildman–Crippen LogP) is 1.35. The Morgan fingerprint density at radius 2 is 1.83 bits per heavy atom. The lowest BCUT2D eigenvalue weighted by Crippen LogP contribution is -2.44. The van der Waals surface area contributed by atoms with E-state index >= 15 is 0 Å². The molecule has 1 aliphatic heterocycles. The van der Waals surface area contributed by atoms with Crippen LogP contribution in [0, 0.1) is 13.8 Å².